The normalized spacial score (nSPS) is 9.88. The van der Waals surface area contributed by atoms with E-state index < -0.39 is 29.3 Å². The lowest BCUT2D eigenvalue weighted by Crippen LogP contribution is -2.37. The topological polar surface area (TPSA) is 111 Å². The summed E-state index contributed by atoms with van der Waals surface area (Å²) in [6, 6.07) is 9.79. The summed E-state index contributed by atoms with van der Waals surface area (Å²) in [5.41, 5.74) is -0.271. The number of carbonyl (C=O) groups is 2. The van der Waals surface area contributed by atoms with Crippen LogP contribution in [-0.4, -0.2) is 23.5 Å². The molecule has 8 nitrogen and oxygen atoms in total. The Labute approximate surface area is 135 Å². The molecule has 9 heteroatoms. The Morgan fingerprint density at radius 3 is 2.62 bits per heavy atom. The van der Waals surface area contributed by atoms with Crippen molar-refractivity contribution in [2.75, 3.05) is 11.9 Å². The highest BCUT2D eigenvalue weighted by Gasteiger charge is 2.12. The van der Waals surface area contributed by atoms with Crippen LogP contribution in [0.15, 0.2) is 48.5 Å². The van der Waals surface area contributed by atoms with Crippen molar-refractivity contribution in [2.24, 2.45) is 0 Å². The molecule has 0 fully saturated rings. The highest BCUT2D eigenvalue weighted by atomic mass is 19.1. The van der Waals surface area contributed by atoms with E-state index in [1.165, 1.54) is 36.4 Å². The van der Waals surface area contributed by atoms with Gasteiger partial charge in [0.2, 0.25) is 0 Å². The van der Waals surface area contributed by atoms with Gasteiger partial charge in [0.1, 0.15) is 11.6 Å². The predicted molar refractivity (Wildman–Crippen MR) is 82.2 cm³/mol. The fraction of sp³-hybridized carbons (Fsp3) is 0.0667. The quantitative estimate of drug-likeness (QED) is 0.645. The van der Waals surface area contributed by atoms with Crippen LogP contribution >= 0.6 is 0 Å². The number of anilines is 1. The maximum absolute atomic E-state index is 13.4. The number of para-hydroxylation sites is 1. The van der Waals surface area contributed by atoms with Crippen molar-refractivity contribution >= 4 is 23.3 Å². The summed E-state index contributed by atoms with van der Waals surface area (Å²) in [4.78, 5) is 33.2. The third kappa shape index (κ3) is 4.77. The summed E-state index contributed by atoms with van der Waals surface area (Å²) in [5, 5.41) is 14.7. The van der Waals surface area contributed by atoms with Gasteiger partial charge in [-0.25, -0.2) is 9.18 Å². The Hall–Kier alpha value is -3.49. The number of amides is 3. The van der Waals surface area contributed by atoms with E-state index in [1.807, 2.05) is 5.32 Å². The molecule has 0 aliphatic rings. The fourth-order valence-corrected chi connectivity index (χ4v) is 1.71. The second kappa shape index (κ2) is 7.68. The van der Waals surface area contributed by atoms with Gasteiger partial charge >= 0.3 is 6.03 Å². The van der Waals surface area contributed by atoms with Crippen molar-refractivity contribution in [3.8, 4) is 5.75 Å². The highest BCUT2D eigenvalue weighted by Crippen LogP contribution is 2.18. The molecule has 24 heavy (non-hydrogen) atoms. The van der Waals surface area contributed by atoms with Crippen LogP contribution in [0.25, 0.3) is 0 Å². The molecule has 0 radical (unpaired) electrons. The lowest BCUT2D eigenvalue weighted by atomic mass is 10.3. The number of imide groups is 1. The highest BCUT2D eigenvalue weighted by molar-refractivity contribution is 6.01. The molecule has 0 aliphatic heterocycles. The van der Waals surface area contributed by atoms with Crippen molar-refractivity contribution in [1.29, 1.82) is 0 Å². The average molecular weight is 333 g/mol. The zero-order valence-corrected chi connectivity index (χ0v) is 12.2. The Bertz CT molecular complexity index is 781. The first-order chi connectivity index (χ1) is 11.5. The molecule has 0 spiro atoms. The minimum Gasteiger partial charge on any atom is -0.484 e. The SMILES string of the molecule is O=C(COc1cccc([N+](=O)[O-])c1)NC(=O)Nc1ccccc1F. The lowest BCUT2D eigenvalue weighted by Gasteiger charge is -2.08. The maximum atomic E-state index is 13.4. The van der Waals surface area contributed by atoms with Crippen LogP contribution in [0.5, 0.6) is 5.75 Å². The average Bonchev–Trinajstić information content (AvgIpc) is 2.55. The van der Waals surface area contributed by atoms with Gasteiger partial charge in [0.25, 0.3) is 11.6 Å². The molecule has 0 atom stereocenters. The summed E-state index contributed by atoms with van der Waals surface area (Å²) in [6.45, 7) is -0.536. The van der Waals surface area contributed by atoms with Gasteiger partial charge in [-0.05, 0) is 18.2 Å². The number of nitrogens with one attached hydrogen (secondary N) is 2. The molecule has 3 amide bonds. The van der Waals surface area contributed by atoms with Crippen LogP contribution in [0.1, 0.15) is 0 Å². The van der Waals surface area contributed by atoms with E-state index in [1.54, 1.807) is 0 Å². The van der Waals surface area contributed by atoms with Gasteiger partial charge in [0.05, 0.1) is 16.7 Å². The van der Waals surface area contributed by atoms with E-state index in [-0.39, 0.29) is 17.1 Å². The molecule has 2 aromatic carbocycles. The molecule has 2 rings (SSSR count). The number of benzene rings is 2. The molecule has 0 heterocycles. The molecule has 0 aromatic heterocycles. The first-order valence-corrected chi connectivity index (χ1v) is 6.68. The van der Waals surface area contributed by atoms with Gasteiger partial charge in [-0.15, -0.1) is 0 Å². The van der Waals surface area contributed by atoms with Crippen LogP contribution < -0.4 is 15.4 Å². The number of urea groups is 1. The molecule has 124 valence electrons. The molecule has 0 saturated heterocycles. The molecule has 2 aromatic rings. The van der Waals surface area contributed by atoms with E-state index >= 15 is 0 Å². The van der Waals surface area contributed by atoms with Crippen LogP contribution in [-0.2, 0) is 4.79 Å². The minimum absolute atomic E-state index is 0.0811. The van der Waals surface area contributed by atoms with E-state index in [2.05, 4.69) is 5.32 Å². The standard InChI is InChI=1S/C15H12FN3O5/c16-12-6-1-2-7-13(12)17-15(21)18-14(20)9-24-11-5-3-4-10(8-11)19(22)23/h1-8H,9H2,(H2,17,18,20,21). The summed E-state index contributed by atoms with van der Waals surface area (Å²) < 4.78 is 18.4. The summed E-state index contributed by atoms with van der Waals surface area (Å²) in [5.74, 6) is -1.34. The molecular formula is C15H12FN3O5. The number of rotatable bonds is 5. The van der Waals surface area contributed by atoms with Crippen molar-refractivity contribution in [1.82, 2.24) is 5.32 Å². The van der Waals surface area contributed by atoms with E-state index in [0.717, 1.165) is 12.1 Å². The number of halogens is 1. The fourth-order valence-electron chi connectivity index (χ4n) is 1.71. The molecule has 2 N–H and O–H groups in total. The lowest BCUT2D eigenvalue weighted by molar-refractivity contribution is -0.384. The largest absolute Gasteiger partial charge is 0.484 e. The second-order valence-electron chi connectivity index (χ2n) is 4.53. The number of non-ortho nitro benzene ring substituents is 1. The minimum atomic E-state index is -0.923. The Morgan fingerprint density at radius 1 is 1.17 bits per heavy atom. The number of hydrogen-bond donors (Lipinski definition) is 2. The van der Waals surface area contributed by atoms with Crippen LogP contribution in [0, 0.1) is 15.9 Å². The Balaban J connectivity index is 1.85. The first-order valence-electron chi connectivity index (χ1n) is 6.68. The number of nitro benzene ring substituents is 1. The van der Waals surface area contributed by atoms with Gasteiger partial charge in [-0.2, -0.15) is 0 Å². The smallest absolute Gasteiger partial charge is 0.326 e. The number of nitrogens with zero attached hydrogens (tertiary/aromatic N) is 1. The molecule has 0 bridgehead atoms. The second-order valence-corrected chi connectivity index (χ2v) is 4.53. The number of ether oxygens (including phenoxy) is 1. The van der Waals surface area contributed by atoms with Crippen molar-refractivity contribution in [3.63, 3.8) is 0 Å². The van der Waals surface area contributed by atoms with Gasteiger partial charge < -0.3 is 10.1 Å². The zero-order chi connectivity index (χ0) is 17.5. The number of nitro groups is 1. The van der Waals surface area contributed by atoms with Crippen molar-refractivity contribution in [2.45, 2.75) is 0 Å². The van der Waals surface area contributed by atoms with E-state index in [9.17, 15) is 24.1 Å². The summed E-state index contributed by atoms with van der Waals surface area (Å²) in [6.07, 6.45) is 0. The van der Waals surface area contributed by atoms with Gasteiger partial charge in [0, 0.05) is 6.07 Å². The van der Waals surface area contributed by atoms with Crippen molar-refractivity contribution in [3.05, 3.63) is 64.5 Å². The van der Waals surface area contributed by atoms with Crippen LogP contribution in [0.2, 0.25) is 0 Å². The van der Waals surface area contributed by atoms with Gasteiger partial charge in [0.15, 0.2) is 6.61 Å². The van der Waals surface area contributed by atoms with Crippen molar-refractivity contribution < 1.29 is 23.6 Å². The third-order valence-electron chi connectivity index (χ3n) is 2.77. The maximum Gasteiger partial charge on any atom is 0.326 e. The predicted octanol–water partition coefficient (Wildman–Crippen LogP) is 2.46. The Kier molecular flexibility index (Phi) is 5.40. The molecule has 0 unspecified atom stereocenters. The summed E-state index contributed by atoms with van der Waals surface area (Å²) >= 11 is 0. The number of carbonyl (C=O) groups excluding carboxylic acids is 2. The van der Waals surface area contributed by atoms with Crippen LogP contribution in [0.3, 0.4) is 0 Å². The van der Waals surface area contributed by atoms with Gasteiger partial charge in [-0.3, -0.25) is 20.2 Å². The molecule has 0 aliphatic carbocycles. The molecule has 0 saturated carbocycles. The monoisotopic (exact) mass is 333 g/mol. The van der Waals surface area contributed by atoms with E-state index in [0.29, 0.717) is 0 Å². The van der Waals surface area contributed by atoms with Gasteiger partial charge in [-0.1, -0.05) is 18.2 Å². The summed E-state index contributed by atoms with van der Waals surface area (Å²) in [7, 11) is 0. The van der Waals surface area contributed by atoms with Crippen LogP contribution in [0.4, 0.5) is 20.6 Å². The Morgan fingerprint density at radius 2 is 1.92 bits per heavy atom. The number of hydrogen-bond acceptors (Lipinski definition) is 5. The zero-order valence-electron chi connectivity index (χ0n) is 12.2. The molecular weight excluding hydrogens is 321 g/mol. The third-order valence-corrected chi connectivity index (χ3v) is 2.77. The first kappa shape index (κ1) is 16.9. The van der Waals surface area contributed by atoms with E-state index in [4.69, 9.17) is 4.74 Å².